The lowest BCUT2D eigenvalue weighted by molar-refractivity contribution is -0.111. The van der Waals surface area contributed by atoms with Crippen LogP contribution in [0.3, 0.4) is 0 Å². The number of aromatic nitrogens is 2. The van der Waals surface area contributed by atoms with E-state index in [4.69, 9.17) is 11.6 Å². The SMILES string of the molecule is CCCCn1nc(C)c(C=CC(=O)Nc2cccc(C)c2C(=O)N2CCCC2)c1Cl. The number of hydrogen-bond donors (Lipinski definition) is 1. The molecule has 7 heteroatoms. The molecule has 1 N–H and O–H groups in total. The lowest BCUT2D eigenvalue weighted by Gasteiger charge is -2.19. The molecule has 1 aliphatic heterocycles. The number of unbranched alkanes of at least 4 members (excludes halogenated alkanes) is 1. The number of benzene rings is 1. The van der Waals surface area contributed by atoms with E-state index in [2.05, 4.69) is 17.3 Å². The Balaban J connectivity index is 1.76. The third-order valence-electron chi connectivity index (χ3n) is 5.37. The summed E-state index contributed by atoms with van der Waals surface area (Å²) in [6, 6.07) is 5.50. The average molecular weight is 429 g/mol. The minimum absolute atomic E-state index is 0.0269. The molecule has 0 saturated carbocycles. The first-order chi connectivity index (χ1) is 14.4. The molecule has 2 heterocycles. The maximum Gasteiger partial charge on any atom is 0.256 e. The predicted molar refractivity (Wildman–Crippen MR) is 121 cm³/mol. The molecule has 0 radical (unpaired) electrons. The Morgan fingerprint density at radius 1 is 1.23 bits per heavy atom. The molecule has 0 spiro atoms. The summed E-state index contributed by atoms with van der Waals surface area (Å²) < 4.78 is 1.77. The number of likely N-dealkylation sites (tertiary alicyclic amines) is 1. The molecule has 1 aromatic heterocycles. The van der Waals surface area contributed by atoms with Crippen LogP contribution in [0.5, 0.6) is 0 Å². The molecular weight excluding hydrogens is 400 g/mol. The number of aryl methyl sites for hydroxylation is 3. The van der Waals surface area contributed by atoms with Crippen LogP contribution in [0.25, 0.3) is 6.08 Å². The van der Waals surface area contributed by atoms with Gasteiger partial charge in [0, 0.05) is 31.3 Å². The normalized spacial score (nSPS) is 13.9. The quantitative estimate of drug-likeness (QED) is 0.641. The van der Waals surface area contributed by atoms with Crippen LogP contribution in [0.1, 0.15) is 59.8 Å². The number of nitrogens with zero attached hydrogens (tertiary/aromatic N) is 3. The zero-order valence-corrected chi connectivity index (χ0v) is 18.6. The molecule has 1 fully saturated rings. The van der Waals surface area contributed by atoms with Crippen LogP contribution in [0.2, 0.25) is 5.15 Å². The van der Waals surface area contributed by atoms with Gasteiger partial charge in [-0.25, -0.2) is 0 Å². The Morgan fingerprint density at radius 3 is 2.67 bits per heavy atom. The van der Waals surface area contributed by atoms with Gasteiger partial charge in [-0.1, -0.05) is 37.1 Å². The van der Waals surface area contributed by atoms with Gasteiger partial charge in [0.1, 0.15) is 5.15 Å². The number of carbonyl (C=O) groups is 2. The Bertz CT molecular complexity index is 958. The maximum absolute atomic E-state index is 13.0. The summed E-state index contributed by atoms with van der Waals surface area (Å²) in [6.45, 7) is 8.16. The van der Waals surface area contributed by atoms with Crippen molar-refractivity contribution in [1.29, 1.82) is 0 Å². The Labute approximate surface area is 182 Å². The highest BCUT2D eigenvalue weighted by Gasteiger charge is 2.23. The molecule has 0 unspecified atom stereocenters. The summed E-state index contributed by atoms with van der Waals surface area (Å²) in [4.78, 5) is 27.4. The minimum atomic E-state index is -0.312. The first kappa shape index (κ1) is 22.1. The van der Waals surface area contributed by atoms with Crippen LogP contribution in [-0.4, -0.2) is 39.6 Å². The molecule has 2 amide bonds. The first-order valence-corrected chi connectivity index (χ1v) is 10.9. The van der Waals surface area contributed by atoms with E-state index in [9.17, 15) is 9.59 Å². The van der Waals surface area contributed by atoms with Gasteiger partial charge in [0.15, 0.2) is 0 Å². The zero-order chi connectivity index (χ0) is 21.7. The third-order valence-corrected chi connectivity index (χ3v) is 5.77. The van der Waals surface area contributed by atoms with Gasteiger partial charge in [0.2, 0.25) is 5.91 Å². The molecule has 0 aliphatic carbocycles. The molecule has 1 aromatic carbocycles. The van der Waals surface area contributed by atoms with Gasteiger partial charge < -0.3 is 10.2 Å². The molecule has 6 nitrogen and oxygen atoms in total. The number of halogens is 1. The Kier molecular flexibility index (Phi) is 7.32. The van der Waals surface area contributed by atoms with E-state index in [0.717, 1.165) is 62.1 Å². The summed E-state index contributed by atoms with van der Waals surface area (Å²) in [7, 11) is 0. The highest BCUT2D eigenvalue weighted by atomic mass is 35.5. The van der Waals surface area contributed by atoms with Crippen molar-refractivity contribution in [3.05, 3.63) is 51.8 Å². The first-order valence-electron chi connectivity index (χ1n) is 10.5. The fourth-order valence-electron chi connectivity index (χ4n) is 3.68. The molecule has 2 aromatic rings. The van der Waals surface area contributed by atoms with E-state index in [1.165, 1.54) is 6.08 Å². The van der Waals surface area contributed by atoms with Crippen molar-refractivity contribution < 1.29 is 9.59 Å². The van der Waals surface area contributed by atoms with E-state index in [-0.39, 0.29) is 11.8 Å². The fourth-order valence-corrected chi connectivity index (χ4v) is 4.00. The second-order valence-electron chi connectivity index (χ2n) is 7.69. The standard InChI is InChI=1S/C23H29ClN4O2/c1-4-5-15-28-22(24)18(17(3)26-28)11-12-20(29)25-19-10-8-9-16(2)21(19)23(30)27-13-6-7-14-27/h8-12H,4-7,13-15H2,1-3H3,(H,25,29). The number of rotatable bonds is 7. The predicted octanol–water partition coefficient (Wildman–Crippen LogP) is 4.84. The fraction of sp³-hybridized carbons (Fsp3) is 0.435. The van der Waals surface area contributed by atoms with E-state index in [1.54, 1.807) is 16.8 Å². The summed E-state index contributed by atoms with van der Waals surface area (Å²) in [5, 5.41) is 7.85. The van der Waals surface area contributed by atoms with Crippen LogP contribution >= 0.6 is 11.6 Å². The molecule has 160 valence electrons. The summed E-state index contributed by atoms with van der Waals surface area (Å²) in [5.74, 6) is -0.339. The van der Waals surface area contributed by atoms with Gasteiger partial charge in [0.05, 0.1) is 16.9 Å². The molecule has 0 atom stereocenters. The average Bonchev–Trinajstić information content (AvgIpc) is 3.33. The van der Waals surface area contributed by atoms with Gasteiger partial charge >= 0.3 is 0 Å². The molecule has 30 heavy (non-hydrogen) atoms. The third kappa shape index (κ3) is 4.93. The van der Waals surface area contributed by atoms with Crippen molar-refractivity contribution in [3.63, 3.8) is 0 Å². The van der Waals surface area contributed by atoms with Crippen molar-refractivity contribution in [1.82, 2.24) is 14.7 Å². The van der Waals surface area contributed by atoms with E-state index in [0.29, 0.717) is 16.4 Å². The van der Waals surface area contributed by atoms with E-state index >= 15 is 0 Å². The number of amides is 2. The molecule has 0 bridgehead atoms. The molecule has 3 rings (SSSR count). The van der Waals surface area contributed by atoms with Gasteiger partial charge in [-0.3, -0.25) is 14.3 Å². The Hall–Kier alpha value is -2.60. The second-order valence-corrected chi connectivity index (χ2v) is 8.04. The van der Waals surface area contributed by atoms with Crippen molar-refractivity contribution in [2.75, 3.05) is 18.4 Å². The molecule has 1 saturated heterocycles. The topological polar surface area (TPSA) is 67.2 Å². The summed E-state index contributed by atoms with van der Waals surface area (Å²) in [5.41, 5.74) is 3.46. The van der Waals surface area contributed by atoms with Crippen LogP contribution in [0.15, 0.2) is 24.3 Å². The Morgan fingerprint density at radius 2 is 1.97 bits per heavy atom. The van der Waals surface area contributed by atoms with Crippen LogP contribution in [0, 0.1) is 13.8 Å². The molecule has 1 aliphatic rings. The van der Waals surface area contributed by atoms with E-state index < -0.39 is 0 Å². The van der Waals surface area contributed by atoms with Crippen LogP contribution in [0.4, 0.5) is 5.69 Å². The number of carbonyl (C=O) groups excluding carboxylic acids is 2. The highest BCUT2D eigenvalue weighted by Crippen LogP contribution is 2.25. The lowest BCUT2D eigenvalue weighted by atomic mass is 10.0. The van der Waals surface area contributed by atoms with Crippen molar-refractivity contribution in [2.24, 2.45) is 0 Å². The van der Waals surface area contributed by atoms with Gasteiger partial charge in [-0.05, 0) is 50.8 Å². The van der Waals surface area contributed by atoms with Gasteiger partial charge in [-0.2, -0.15) is 5.10 Å². The number of nitrogens with one attached hydrogen (secondary N) is 1. The summed E-state index contributed by atoms with van der Waals surface area (Å²) >= 11 is 6.44. The lowest BCUT2D eigenvalue weighted by Crippen LogP contribution is -2.29. The monoisotopic (exact) mass is 428 g/mol. The van der Waals surface area contributed by atoms with Gasteiger partial charge in [0.25, 0.3) is 5.91 Å². The van der Waals surface area contributed by atoms with Crippen LogP contribution in [-0.2, 0) is 11.3 Å². The second kappa shape index (κ2) is 9.94. The van der Waals surface area contributed by atoms with Crippen molar-refractivity contribution in [2.45, 2.75) is 53.0 Å². The summed E-state index contributed by atoms with van der Waals surface area (Å²) in [6.07, 6.45) is 7.21. The maximum atomic E-state index is 13.0. The van der Waals surface area contributed by atoms with E-state index in [1.807, 2.05) is 30.9 Å². The highest BCUT2D eigenvalue weighted by molar-refractivity contribution is 6.31. The molecular formula is C23H29ClN4O2. The zero-order valence-electron chi connectivity index (χ0n) is 17.9. The van der Waals surface area contributed by atoms with Crippen molar-refractivity contribution >= 4 is 35.2 Å². The minimum Gasteiger partial charge on any atom is -0.339 e. The number of anilines is 1. The van der Waals surface area contributed by atoms with Gasteiger partial charge in [-0.15, -0.1) is 0 Å². The van der Waals surface area contributed by atoms with Crippen molar-refractivity contribution in [3.8, 4) is 0 Å². The smallest absolute Gasteiger partial charge is 0.256 e. The largest absolute Gasteiger partial charge is 0.339 e. The number of hydrogen-bond acceptors (Lipinski definition) is 3. The van der Waals surface area contributed by atoms with Crippen LogP contribution < -0.4 is 5.32 Å².